The lowest BCUT2D eigenvalue weighted by molar-refractivity contribution is 0.0769. The molecule has 1 saturated carbocycles. The molecule has 20 heavy (non-hydrogen) atoms. The Morgan fingerprint density at radius 1 is 1.35 bits per heavy atom. The number of methoxy groups -OCH3 is 1. The number of rotatable bonds is 4. The molecule has 2 aliphatic heterocycles. The summed E-state index contributed by atoms with van der Waals surface area (Å²) in [6.07, 6.45) is 5.98. The summed E-state index contributed by atoms with van der Waals surface area (Å²) in [5, 5.41) is 3.20. The molecule has 0 aromatic heterocycles. The van der Waals surface area contributed by atoms with Crippen molar-refractivity contribution in [3.63, 3.8) is 0 Å². The summed E-state index contributed by atoms with van der Waals surface area (Å²) in [5.74, 6) is 1.17. The van der Waals surface area contributed by atoms with Gasteiger partial charge in [0.25, 0.3) is 0 Å². The topological polar surface area (TPSA) is 50.8 Å². The smallest absolute Gasteiger partial charge is 0.317 e. The average Bonchev–Trinajstić information content (AvgIpc) is 3.20. The third-order valence-electron chi connectivity index (χ3n) is 4.74. The van der Waals surface area contributed by atoms with Crippen molar-refractivity contribution in [1.82, 2.24) is 10.2 Å². The summed E-state index contributed by atoms with van der Waals surface area (Å²) in [7, 11) is 1.73. The monoisotopic (exact) mass is 282 g/mol. The van der Waals surface area contributed by atoms with Crippen molar-refractivity contribution >= 4 is 6.03 Å². The van der Waals surface area contributed by atoms with E-state index in [-0.39, 0.29) is 18.2 Å². The first kappa shape index (κ1) is 14.1. The van der Waals surface area contributed by atoms with Crippen LogP contribution in [0.2, 0.25) is 0 Å². The van der Waals surface area contributed by atoms with E-state index in [1.165, 1.54) is 12.8 Å². The summed E-state index contributed by atoms with van der Waals surface area (Å²) in [6.45, 7) is 3.23. The van der Waals surface area contributed by atoms with Gasteiger partial charge in [-0.05, 0) is 38.0 Å². The van der Waals surface area contributed by atoms with Crippen LogP contribution in [0.5, 0.6) is 0 Å². The Labute approximate surface area is 121 Å². The van der Waals surface area contributed by atoms with Crippen molar-refractivity contribution in [2.45, 2.75) is 44.2 Å². The van der Waals surface area contributed by atoms with Crippen LogP contribution in [0.1, 0.15) is 32.1 Å². The maximum atomic E-state index is 12.4. The molecular weight excluding hydrogens is 256 g/mol. The molecule has 2 heterocycles. The van der Waals surface area contributed by atoms with E-state index in [4.69, 9.17) is 9.47 Å². The van der Waals surface area contributed by atoms with Crippen LogP contribution >= 0.6 is 0 Å². The van der Waals surface area contributed by atoms with E-state index in [1.54, 1.807) is 7.11 Å². The lowest BCUT2D eigenvalue weighted by Gasteiger charge is -2.33. The molecule has 1 N–H and O–H groups in total. The third-order valence-corrected chi connectivity index (χ3v) is 4.74. The van der Waals surface area contributed by atoms with E-state index >= 15 is 0 Å². The number of nitrogens with one attached hydrogen (secondary N) is 1. The second-order valence-corrected chi connectivity index (χ2v) is 6.43. The van der Waals surface area contributed by atoms with Crippen molar-refractivity contribution in [2.75, 3.05) is 33.4 Å². The Balaban J connectivity index is 1.50. The molecule has 0 aromatic carbocycles. The van der Waals surface area contributed by atoms with Gasteiger partial charge < -0.3 is 19.7 Å². The number of ether oxygens (including phenoxy) is 2. The quantitative estimate of drug-likeness (QED) is 0.852. The minimum absolute atomic E-state index is 0.0898. The molecule has 3 rings (SSSR count). The summed E-state index contributed by atoms with van der Waals surface area (Å²) in [6, 6.07) is 0.310. The van der Waals surface area contributed by atoms with Crippen molar-refractivity contribution < 1.29 is 14.3 Å². The largest absolute Gasteiger partial charge is 0.384 e. The highest BCUT2D eigenvalue weighted by Crippen LogP contribution is 2.38. The van der Waals surface area contributed by atoms with Crippen LogP contribution in [0.25, 0.3) is 0 Å². The third kappa shape index (κ3) is 3.26. The zero-order valence-electron chi connectivity index (χ0n) is 12.3. The number of likely N-dealkylation sites (tertiary alicyclic amines) is 1. The van der Waals surface area contributed by atoms with Gasteiger partial charge in [-0.15, -0.1) is 0 Å². The SMILES string of the molecule is COC[C@@H]1CCCN(C(=O)N[C@@H]2CCO[C@H]2C2CC2)C1. The molecule has 3 atom stereocenters. The van der Waals surface area contributed by atoms with Crippen molar-refractivity contribution in [3.05, 3.63) is 0 Å². The highest BCUT2D eigenvalue weighted by molar-refractivity contribution is 5.74. The summed E-state index contributed by atoms with van der Waals surface area (Å²) in [5.41, 5.74) is 0. The molecule has 2 amide bonds. The second-order valence-electron chi connectivity index (χ2n) is 6.43. The molecule has 3 fully saturated rings. The molecule has 114 valence electrons. The predicted octanol–water partition coefficient (Wildman–Crippen LogP) is 1.62. The molecule has 0 unspecified atom stereocenters. The summed E-state index contributed by atoms with van der Waals surface area (Å²) < 4.78 is 11.0. The zero-order chi connectivity index (χ0) is 13.9. The fourth-order valence-corrected chi connectivity index (χ4v) is 3.53. The Bertz CT molecular complexity index is 344. The van der Waals surface area contributed by atoms with Crippen molar-refractivity contribution in [3.8, 4) is 0 Å². The van der Waals surface area contributed by atoms with E-state index in [1.807, 2.05) is 4.90 Å². The first-order valence-electron chi connectivity index (χ1n) is 7.94. The van der Waals surface area contributed by atoms with Crippen molar-refractivity contribution in [1.29, 1.82) is 0 Å². The molecule has 0 radical (unpaired) electrons. The van der Waals surface area contributed by atoms with E-state index in [0.717, 1.165) is 45.6 Å². The van der Waals surface area contributed by atoms with Crippen LogP contribution < -0.4 is 5.32 Å². The van der Waals surface area contributed by atoms with Gasteiger partial charge in [-0.3, -0.25) is 0 Å². The second kappa shape index (κ2) is 6.31. The fraction of sp³-hybridized carbons (Fsp3) is 0.933. The number of piperidine rings is 1. The molecule has 2 saturated heterocycles. The lowest BCUT2D eigenvalue weighted by atomic mass is 9.99. The number of urea groups is 1. The number of nitrogens with zero attached hydrogens (tertiary/aromatic N) is 1. The van der Waals surface area contributed by atoms with E-state index in [0.29, 0.717) is 11.8 Å². The lowest BCUT2D eigenvalue weighted by Crippen LogP contribution is -2.51. The number of carbonyl (C=O) groups is 1. The Hall–Kier alpha value is -0.810. The molecule has 3 aliphatic rings. The minimum Gasteiger partial charge on any atom is -0.384 e. The zero-order valence-corrected chi connectivity index (χ0v) is 12.3. The van der Waals surface area contributed by atoms with Crippen LogP contribution in [-0.4, -0.2) is 56.5 Å². The van der Waals surface area contributed by atoms with Gasteiger partial charge in [0.1, 0.15) is 0 Å². The molecule has 1 aliphatic carbocycles. The van der Waals surface area contributed by atoms with Gasteiger partial charge >= 0.3 is 6.03 Å². The van der Waals surface area contributed by atoms with Crippen molar-refractivity contribution in [2.24, 2.45) is 11.8 Å². The van der Waals surface area contributed by atoms with Crippen LogP contribution in [0.3, 0.4) is 0 Å². The predicted molar refractivity (Wildman–Crippen MR) is 75.6 cm³/mol. The molecule has 0 aromatic rings. The van der Waals surface area contributed by atoms with Gasteiger partial charge in [-0.2, -0.15) is 0 Å². The average molecular weight is 282 g/mol. The molecular formula is C15H26N2O3. The standard InChI is InChI=1S/C15H26N2O3/c1-19-10-11-3-2-7-17(9-11)15(18)16-13-6-8-20-14(13)12-4-5-12/h11-14H,2-10H2,1H3,(H,16,18)/t11-,13-,14+/m1/s1. The maximum absolute atomic E-state index is 12.4. The van der Waals surface area contributed by atoms with Crippen LogP contribution in [0.15, 0.2) is 0 Å². The van der Waals surface area contributed by atoms with Gasteiger partial charge in [0.15, 0.2) is 0 Å². The normalized spacial score (nSPS) is 34.2. The van der Waals surface area contributed by atoms with Crippen LogP contribution in [-0.2, 0) is 9.47 Å². The molecule has 0 spiro atoms. The van der Waals surface area contributed by atoms with Crippen LogP contribution in [0, 0.1) is 11.8 Å². The van der Waals surface area contributed by atoms with Gasteiger partial charge in [-0.1, -0.05) is 0 Å². The minimum atomic E-state index is 0.0898. The molecule has 0 bridgehead atoms. The van der Waals surface area contributed by atoms with Gasteiger partial charge in [-0.25, -0.2) is 4.79 Å². The number of hydrogen-bond donors (Lipinski definition) is 1. The molecule has 5 nitrogen and oxygen atoms in total. The summed E-state index contributed by atoms with van der Waals surface area (Å²) in [4.78, 5) is 14.4. The number of carbonyl (C=O) groups excluding carboxylic acids is 1. The Morgan fingerprint density at radius 3 is 2.95 bits per heavy atom. The van der Waals surface area contributed by atoms with Crippen LogP contribution in [0.4, 0.5) is 4.79 Å². The Kier molecular flexibility index (Phi) is 4.46. The van der Waals surface area contributed by atoms with E-state index in [9.17, 15) is 4.79 Å². The van der Waals surface area contributed by atoms with Gasteiger partial charge in [0.2, 0.25) is 0 Å². The first-order valence-corrected chi connectivity index (χ1v) is 7.94. The first-order chi connectivity index (χ1) is 9.78. The Morgan fingerprint density at radius 2 is 2.20 bits per heavy atom. The van der Waals surface area contributed by atoms with Gasteiger partial charge in [0.05, 0.1) is 18.8 Å². The molecule has 5 heteroatoms. The van der Waals surface area contributed by atoms with Gasteiger partial charge in [0, 0.05) is 32.7 Å². The number of hydrogen-bond acceptors (Lipinski definition) is 3. The van der Waals surface area contributed by atoms with E-state index < -0.39 is 0 Å². The maximum Gasteiger partial charge on any atom is 0.317 e. The number of amides is 2. The summed E-state index contributed by atoms with van der Waals surface area (Å²) >= 11 is 0. The highest BCUT2D eigenvalue weighted by Gasteiger charge is 2.41. The highest BCUT2D eigenvalue weighted by atomic mass is 16.5. The van der Waals surface area contributed by atoms with E-state index in [2.05, 4.69) is 5.32 Å². The fourth-order valence-electron chi connectivity index (χ4n) is 3.53.